The fourth-order valence-corrected chi connectivity index (χ4v) is 5.43. The third kappa shape index (κ3) is 4.67. The van der Waals surface area contributed by atoms with Gasteiger partial charge < -0.3 is 0 Å². The molecule has 1 aliphatic heterocycles. The second-order valence-corrected chi connectivity index (χ2v) is 9.57. The van der Waals surface area contributed by atoms with E-state index in [1.54, 1.807) is 30.0 Å². The van der Waals surface area contributed by atoms with Gasteiger partial charge in [-0.2, -0.15) is 5.26 Å². The average Bonchev–Trinajstić information content (AvgIpc) is 3.08. The van der Waals surface area contributed by atoms with Crippen molar-refractivity contribution in [1.82, 2.24) is 4.90 Å². The van der Waals surface area contributed by atoms with Gasteiger partial charge in [-0.05, 0) is 61.0 Å². The van der Waals surface area contributed by atoms with Gasteiger partial charge in [0.2, 0.25) is 0 Å². The second kappa shape index (κ2) is 8.26. The average molecular weight is 387 g/mol. The number of thioether (sulfide) groups is 1. The summed E-state index contributed by atoms with van der Waals surface area (Å²) in [6.07, 6.45) is 2.95. The zero-order valence-corrected chi connectivity index (χ0v) is 16.4. The number of hydrogen-bond acceptors (Lipinski definition) is 5. The van der Waals surface area contributed by atoms with E-state index in [0.717, 1.165) is 26.1 Å². The Morgan fingerprint density at radius 1 is 1.23 bits per heavy atom. The third-order valence-corrected chi connectivity index (χ3v) is 7.34. The maximum atomic E-state index is 12.7. The number of benzene rings is 2. The molecule has 0 radical (unpaired) electrons. The van der Waals surface area contributed by atoms with Crippen LogP contribution >= 0.6 is 11.8 Å². The first-order chi connectivity index (χ1) is 12.5. The van der Waals surface area contributed by atoms with E-state index < -0.39 is 9.84 Å². The standard InChI is InChI=1S/C20H22N2O2S2/c1-25-19-7-5-16(6-8-19)13-22-10-9-18(14-22)15-26(23,24)20-4-2-3-17(11-20)12-21/h2-8,11,18H,9-10,13-15H2,1H3/t18-/m1/s1. The van der Waals surface area contributed by atoms with Gasteiger partial charge in [0.1, 0.15) is 0 Å². The Morgan fingerprint density at radius 3 is 2.69 bits per heavy atom. The number of nitrogens with zero attached hydrogens (tertiary/aromatic N) is 2. The molecule has 3 rings (SSSR count). The minimum Gasteiger partial charge on any atom is -0.299 e. The zero-order valence-electron chi connectivity index (χ0n) is 14.8. The lowest BCUT2D eigenvalue weighted by Gasteiger charge is -2.16. The quantitative estimate of drug-likeness (QED) is 0.710. The fourth-order valence-electron chi connectivity index (χ4n) is 3.35. The van der Waals surface area contributed by atoms with E-state index in [1.807, 2.05) is 6.07 Å². The number of likely N-dealkylation sites (tertiary alicyclic amines) is 1. The SMILES string of the molecule is CSc1ccc(CN2CC[C@@H](CS(=O)(=O)c3cccc(C#N)c3)C2)cc1. The predicted molar refractivity (Wildman–Crippen MR) is 105 cm³/mol. The van der Waals surface area contributed by atoms with Crippen molar-refractivity contribution in [2.45, 2.75) is 22.8 Å². The molecule has 4 nitrogen and oxygen atoms in total. The fraction of sp³-hybridized carbons (Fsp3) is 0.350. The highest BCUT2D eigenvalue weighted by atomic mass is 32.2. The molecule has 1 saturated heterocycles. The molecule has 0 spiro atoms. The van der Waals surface area contributed by atoms with Crippen LogP contribution in [0.3, 0.4) is 0 Å². The molecule has 2 aromatic rings. The van der Waals surface area contributed by atoms with Crippen molar-refractivity contribution in [3.63, 3.8) is 0 Å². The highest BCUT2D eigenvalue weighted by Crippen LogP contribution is 2.24. The first-order valence-electron chi connectivity index (χ1n) is 8.58. The summed E-state index contributed by atoms with van der Waals surface area (Å²) < 4.78 is 25.3. The molecule has 6 heteroatoms. The Bertz CT molecular complexity index is 902. The topological polar surface area (TPSA) is 61.2 Å². The lowest BCUT2D eigenvalue weighted by molar-refractivity contribution is 0.320. The lowest BCUT2D eigenvalue weighted by atomic mass is 10.2. The van der Waals surface area contributed by atoms with Gasteiger partial charge in [0.05, 0.1) is 22.3 Å². The largest absolute Gasteiger partial charge is 0.299 e. The van der Waals surface area contributed by atoms with Crippen molar-refractivity contribution in [2.24, 2.45) is 5.92 Å². The molecule has 0 bridgehead atoms. The van der Waals surface area contributed by atoms with Crippen LogP contribution in [0.4, 0.5) is 0 Å². The molecule has 0 saturated carbocycles. The van der Waals surface area contributed by atoms with Gasteiger partial charge in [0, 0.05) is 18.0 Å². The van der Waals surface area contributed by atoms with E-state index in [0.29, 0.717) is 5.56 Å². The maximum Gasteiger partial charge on any atom is 0.178 e. The Kier molecular flexibility index (Phi) is 6.02. The molecule has 0 unspecified atom stereocenters. The Morgan fingerprint density at radius 2 is 2.00 bits per heavy atom. The van der Waals surface area contributed by atoms with Crippen molar-refractivity contribution < 1.29 is 8.42 Å². The molecule has 1 atom stereocenters. The normalized spacial score (nSPS) is 17.9. The summed E-state index contributed by atoms with van der Waals surface area (Å²) in [5, 5.41) is 8.97. The molecular formula is C20H22N2O2S2. The number of hydrogen-bond donors (Lipinski definition) is 0. The Hall–Kier alpha value is -1.81. The number of sulfone groups is 1. The van der Waals surface area contributed by atoms with Crippen LogP contribution in [0.2, 0.25) is 0 Å². The van der Waals surface area contributed by atoms with E-state index in [1.165, 1.54) is 16.5 Å². The summed E-state index contributed by atoms with van der Waals surface area (Å²) in [6.45, 7) is 2.57. The molecule has 0 aromatic heterocycles. The molecule has 0 aliphatic carbocycles. The lowest BCUT2D eigenvalue weighted by Crippen LogP contribution is -2.23. The van der Waals surface area contributed by atoms with Crippen LogP contribution in [0.15, 0.2) is 58.3 Å². The smallest absolute Gasteiger partial charge is 0.178 e. The van der Waals surface area contributed by atoms with Crippen LogP contribution < -0.4 is 0 Å². The first kappa shape index (κ1) is 19.0. The zero-order chi connectivity index (χ0) is 18.6. The summed E-state index contributed by atoms with van der Waals surface area (Å²) >= 11 is 1.73. The molecule has 1 fully saturated rings. The summed E-state index contributed by atoms with van der Waals surface area (Å²) in [6, 6.07) is 16.8. The van der Waals surface area contributed by atoms with E-state index in [9.17, 15) is 8.42 Å². The van der Waals surface area contributed by atoms with Gasteiger partial charge in [0.25, 0.3) is 0 Å². The molecule has 26 heavy (non-hydrogen) atoms. The molecule has 136 valence electrons. The highest BCUT2D eigenvalue weighted by Gasteiger charge is 2.28. The minimum atomic E-state index is -3.36. The number of nitriles is 1. The molecule has 0 N–H and O–H groups in total. The molecular weight excluding hydrogens is 364 g/mol. The van der Waals surface area contributed by atoms with Crippen molar-refractivity contribution in [3.05, 3.63) is 59.7 Å². The van der Waals surface area contributed by atoms with E-state index >= 15 is 0 Å². The summed E-state index contributed by atoms with van der Waals surface area (Å²) in [4.78, 5) is 3.82. The van der Waals surface area contributed by atoms with Crippen molar-refractivity contribution in [3.8, 4) is 6.07 Å². The van der Waals surface area contributed by atoms with E-state index in [2.05, 4.69) is 35.4 Å². The summed E-state index contributed by atoms with van der Waals surface area (Å²) in [7, 11) is -3.36. The molecule has 1 aliphatic rings. The van der Waals surface area contributed by atoms with E-state index in [4.69, 9.17) is 5.26 Å². The van der Waals surface area contributed by atoms with Gasteiger partial charge in [-0.3, -0.25) is 4.90 Å². The van der Waals surface area contributed by atoms with Crippen LogP contribution in [0.5, 0.6) is 0 Å². The van der Waals surface area contributed by atoms with Crippen LogP contribution in [-0.4, -0.2) is 38.4 Å². The third-order valence-electron chi connectivity index (χ3n) is 4.71. The van der Waals surface area contributed by atoms with Crippen LogP contribution in [-0.2, 0) is 16.4 Å². The molecule has 1 heterocycles. The van der Waals surface area contributed by atoms with Gasteiger partial charge in [-0.25, -0.2) is 8.42 Å². The van der Waals surface area contributed by atoms with Crippen LogP contribution in [0.1, 0.15) is 17.5 Å². The monoisotopic (exact) mass is 386 g/mol. The molecule has 2 aromatic carbocycles. The summed E-state index contributed by atoms with van der Waals surface area (Å²) in [5.41, 5.74) is 1.64. The van der Waals surface area contributed by atoms with Gasteiger partial charge in [0.15, 0.2) is 9.84 Å². The van der Waals surface area contributed by atoms with Gasteiger partial charge >= 0.3 is 0 Å². The van der Waals surface area contributed by atoms with Crippen molar-refractivity contribution >= 4 is 21.6 Å². The second-order valence-electron chi connectivity index (χ2n) is 6.66. The Balaban J connectivity index is 1.60. The van der Waals surface area contributed by atoms with Gasteiger partial charge in [-0.15, -0.1) is 11.8 Å². The first-order valence-corrected chi connectivity index (χ1v) is 11.5. The minimum absolute atomic E-state index is 0.135. The Labute approximate surface area is 159 Å². The number of rotatable bonds is 6. The molecule has 0 amide bonds. The predicted octanol–water partition coefficient (Wildman–Crippen LogP) is 3.58. The van der Waals surface area contributed by atoms with E-state index in [-0.39, 0.29) is 16.6 Å². The highest BCUT2D eigenvalue weighted by molar-refractivity contribution is 7.98. The van der Waals surface area contributed by atoms with Crippen LogP contribution in [0, 0.1) is 17.2 Å². The van der Waals surface area contributed by atoms with Crippen LogP contribution in [0.25, 0.3) is 0 Å². The maximum absolute atomic E-state index is 12.7. The van der Waals surface area contributed by atoms with Gasteiger partial charge in [-0.1, -0.05) is 18.2 Å². The summed E-state index contributed by atoms with van der Waals surface area (Å²) in [5.74, 6) is 0.278. The van der Waals surface area contributed by atoms with Crippen molar-refractivity contribution in [1.29, 1.82) is 5.26 Å². The van der Waals surface area contributed by atoms with Crippen molar-refractivity contribution in [2.75, 3.05) is 25.1 Å².